The SMILES string of the molecule is CN(CCSC(=N)N)c1ccc(/C=C/c2cc[n+](C)c3ccccc23)cc1. The summed E-state index contributed by atoms with van der Waals surface area (Å²) in [6.45, 7) is 0.854. The minimum absolute atomic E-state index is 0.172. The molecule has 0 bridgehead atoms. The van der Waals surface area contributed by atoms with Gasteiger partial charge in [0.2, 0.25) is 5.52 Å². The maximum Gasteiger partial charge on any atom is 0.212 e. The minimum Gasteiger partial charge on any atom is -0.379 e. The first-order valence-corrected chi connectivity index (χ1v) is 9.86. The third-order valence-corrected chi connectivity index (χ3v) is 5.24. The molecule has 0 saturated carbocycles. The van der Waals surface area contributed by atoms with E-state index in [1.165, 1.54) is 33.8 Å². The highest BCUT2D eigenvalue weighted by atomic mass is 32.2. The Morgan fingerprint density at radius 1 is 1.11 bits per heavy atom. The fourth-order valence-corrected chi connectivity index (χ4v) is 3.57. The lowest BCUT2D eigenvalue weighted by molar-refractivity contribution is -0.644. The fraction of sp³-hybridized carbons (Fsp3) is 0.182. The van der Waals surface area contributed by atoms with Crippen LogP contribution in [0, 0.1) is 5.41 Å². The summed E-state index contributed by atoms with van der Waals surface area (Å²) in [5.41, 5.74) is 10.1. The summed E-state index contributed by atoms with van der Waals surface area (Å²) in [5, 5.41) is 8.68. The average molecular weight is 378 g/mol. The lowest BCUT2D eigenvalue weighted by Crippen LogP contribution is -2.28. The Hall–Kier alpha value is -2.79. The van der Waals surface area contributed by atoms with Gasteiger partial charge in [0.1, 0.15) is 7.05 Å². The third-order valence-electron chi connectivity index (χ3n) is 4.55. The summed E-state index contributed by atoms with van der Waals surface area (Å²) in [4.78, 5) is 2.17. The van der Waals surface area contributed by atoms with Gasteiger partial charge < -0.3 is 10.6 Å². The van der Waals surface area contributed by atoms with E-state index in [9.17, 15) is 0 Å². The molecule has 0 aliphatic heterocycles. The molecule has 0 spiro atoms. The second-order valence-electron chi connectivity index (χ2n) is 6.46. The van der Waals surface area contributed by atoms with Crippen molar-refractivity contribution in [3.05, 3.63) is 71.9 Å². The largest absolute Gasteiger partial charge is 0.379 e. The van der Waals surface area contributed by atoms with E-state index in [1.807, 2.05) is 0 Å². The first-order valence-electron chi connectivity index (χ1n) is 8.88. The third kappa shape index (κ3) is 4.89. The molecule has 0 amide bonds. The summed E-state index contributed by atoms with van der Waals surface area (Å²) in [7, 11) is 4.13. The van der Waals surface area contributed by atoms with Crippen molar-refractivity contribution in [3.8, 4) is 0 Å². The molecule has 0 aliphatic carbocycles. The summed E-state index contributed by atoms with van der Waals surface area (Å²) in [5.74, 6) is 0.812. The van der Waals surface area contributed by atoms with Gasteiger partial charge in [-0.3, -0.25) is 5.41 Å². The number of hydrogen-bond acceptors (Lipinski definition) is 3. The van der Waals surface area contributed by atoms with Gasteiger partial charge in [0.25, 0.3) is 0 Å². The van der Waals surface area contributed by atoms with Gasteiger partial charge >= 0.3 is 0 Å². The number of nitrogens with one attached hydrogen (secondary N) is 1. The predicted octanol–water partition coefficient (Wildman–Crippen LogP) is 3.90. The van der Waals surface area contributed by atoms with Gasteiger partial charge in [-0.25, -0.2) is 4.57 Å². The number of aryl methyl sites for hydroxylation is 1. The van der Waals surface area contributed by atoms with E-state index in [-0.39, 0.29) is 5.17 Å². The van der Waals surface area contributed by atoms with Crippen molar-refractivity contribution in [2.75, 3.05) is 24.2 Å². The molecular formula is C22H25N4S+. The number of para-hydroxylation sites is 1. The molecule has 0 atom stereocenters. The zero-order valence-corrected chi connectivity index (χ0v) is 16.5. The van der Waals surface area contributed by atoms with Gasteiger partial charge in [-0.15, -0.1) is 0 Å². The highest BCUT2D eigenvalue weighted by Gasteiger charge is 2.06. The lowest BCUT2D eigenvalue weighted by atomic mass is 10.1. The van der Waals surface area contributed by atoms with E-state index >= 15 is 0 Å². The number of amidine groups is 1. The van der Waals surface area contributed by atoms with Gasteiger partial charge in [-0.2, -0.15) is 0 Å². The summed E-state index contributed by atoms with van der Waals surface area (Å²) in [6, 6.07) is 19.1. The van der Waals surface area contributed by atoms with E-state index in [4.69, 9.17) is 11.1 Å². The van der Waals surface area contributed by atoms with Crippen molar-refractivity contribution in [1.29, 1.82) is 5.41 Å². The topological polar surface area (TPSA) is 57.0 Å². The van der Waals surface area contributed by atoms with Crippen LogP contribution in [0.4, 0.5) is 5.69 Å². The first kappa shape index (κ1) is 19.0. The van der Waals surface area contributed by atoms with Crippen LogP contribution in [0.25, 0.3) is 23.1 Å². The van der Waals surface area contributed by atoms with Crippen molar-refractivity contribution >= 4 is 45.7 Å². The molecule has 3 rings (SSSR count). The summed E-state index contributed by atoms with van der Waals surface area (Å²) >= 11 is 1.37. The van der Waals surface area contributed by atoms with Crippen molar-refractivity contribution < 1.29 is 4.57 Å². The van der Waals surface area contributed by atoms with Crippen LogP contribution in [0.2, 0.25) is 0 Å². The molecule has 0 radical (unpaired) electrons. The van der Waals surface area contributed by atoms with Gasteiger partial charge in [-0.05, 0) is 29.3 Å². The molecule has 138 valence electrons. The number of anilines is 1. The Balaban J connectivity index is 1.72. The summed E-state index contributed by atoms with van der Waals surface area (Å²) in [6.07, 6.45) is 6.42. The molecular weight excluding hydrogens is 352 g/mol. The van der Waals surface area contributed by atoms with Crippen molar-refractivity contribution in [1.82, 2.24) is 0 Å². The molecule has 0 saturated heterocycles. The maximum atomic E-state index is 7.26. The van der Waals surface area contributed by atoms with Crippen molar-refractivity contribution in [2.24, 2.45) is 12.8 Å². The Morgan fingerprint density at radius 2 is 1.85 bits per heavy atom. The number of hydrogen-bond donors (Lipinski definition) is 2. The number of benzene rings is 2. The van der Waals surface area contributed by atoms with E-state index < -0.39 is 0 Å². The number of nitrogens with zero attached hydrogens (tertiary/aromatic N) is 2. The van der Waals surface area contributed by atoms with Crippen molar-refractivity contribution in [3.63, 3.8) is 0 Å². The molecule has 0 fully saturated rings. The van der Waals surface area contributed by atoms with Crippen LogP contribution >= 0.6 is 11.8 Å². The molecule has 27 heavy (non-hydrogen) atoms. The van der Waals surface area contributed by atoms with E-state index in [0.717, 1.165) is 18.0 Å². The Labute approximate surface area is 164 Å². The van der Waals surface area contributed by atoms with Gasteiger partial charge in [0.05, 0.1) is 5.39 Å². The van der Waals surface area contributed by atoms with E-state index in [0.29, 0.717) is 0 Å². The first-order chi connectivity index (χ1) is 13.0. The average Bonchev–Trinajstić information content (AvgIpc) is 2.68. The molecule has 4 nitrogen and oxygen atoms in total. The van der Waals surface area contributed by atoms with Crippen molar-refractivity contribution in [2.45, 2.75) is 0 Å². The molecule has 0 aliphatic rings. The number of pyridine rings is 1. The molecule has 2 aromatic carbocycles. The van der Waals surface area contributed by atoms with E-state index in [2.05, 4.69) is 96.5 Å². The number of nitrogens with two attached hydrogens (primary N) is 1. The zero-order valence-electron chi connectivity index (χ0n) is 15.7. The second-order valence-corrected chi connectivity index (χ2v) is 7.60. The number of thioether (sulfide) groups is 1. The standard InChI is InChI=1S/C22H25N4S/c1-25(15-16-27-22(23)24)19-11-8-17(9-12-19)7-10-18-13-14-26(2)21-6-4-3-5-20(18)21/h3-14H,15-16H2,1-2H3,(H3,23,24)/q+1. The Bertz CT molecular complexity index is 964. The molecule has 1 aromatic heterocycles. The monoisotopic (exact) mass is 377 g/mol. The quantitative estimate of drug-likeness (QED) is 0.389. The molecule has 1 heterocycles. The summed E-state index contributed by atoms with van der Waals surface area (Å²) < 4.78 is 2.14. The van der Waals surface area contributed by atoms with Crippen LogP contribution in [0.1, 0.15) is 11.1 Å². The highest BCUT2D eigenvalue weighted by Crippen LogP contribution is 2.19. The molecule has 5 heteroatoms. The van der Waals surface area contributed by atoms with Gasteiger partial charge in [0, 0.05) is 37.2 Å². The molecule has 3 aromatic rings. The number of rotatable bonds is 6. The number of aromatic nitrogens is 1. The van der Waals surface area contributed by atoms with Gasteiger partial charge in [-0.1, -0.05) is 48.2 Å². The van der Waals surface area contributed by atoms with Crippen LogP contribution in [0.5, 0.6) is 0 Å². The van der Waals surface area contributed by atoms with E-state index in [1.54, 1.807) is 0 Å². The Morgan fingerprint density at radius 3 is 2.59 bits per heavy atom. The number of fused-ring (bicyclic) bond motifs is 1. The molecule has 3 N–H and O–H groups in total. The smallest absolute Gasteiger partial charge is 0.212 e. The fourth-order valence-electron chi connectivity index (χ4n) is 2.98. The molecule has 0 unspecified atom stereocenters. The Kier molecular flexibility index (Phi) is 6.14. The van der Waals surface area contributed by atoms with Crippen LogP contribution in [0.15, 0.2) is 60.8 Å². The van der Waals surface area contributed by atoms with Crippen LogP contribution < -0.4 is 15.2 Å². The second kappa shape index (κ2) is 8.73. The predicted molar refractivity (Wildman–Crippen MR) is 118 cm³/mol. The maximum absolute atomic E-state index is 7.26. The normalized spacial score (nSPS) is 11.2. The highest BCUT2D eigenvalue weighted by molar-refractivity contribution is 8.13. The lowest BCUT2D eigenvalue weighted by Gasteiger charge is -2.18. The van der Waals surface area contributed by atoms with Crippen LogP contribution in [-0.2, 0) is 7.05 Å². The minimum atomic E-state index is 0.172. The van der Waals surface area contributed by atoms with Crippen LogP contribution in [-0.4, -0.2) is 24.5 Å². The zero-order chi connectivity index (χ0) is 19.2. The van der Waals surface area contributed by atoms with Crippen LogP contribution in [0.3, 0.4) is 0 Å². The van der Waals surface area contributed by atoms with Gasteiger partial charge in [0.15, 0.2) is 11.4 Å².